The number of aryl methyl sites for hydroxylation is 1. The first kappa shape index (κ1) is 15.1. The fraction of sp³-hybridized carbons (Fsp3) is 0.0833. The number of nitrogens with two attached hydrogens (primary N) is 1. The standard InChI is InChI=1S/C12H11BrClN3O2S/c1-7-2-8(13)4-9(3-7)17-20(18,19)10-5-11(14)12(15)16-6-10/h2-6,17H,1H3,(H2,15,16). The second kappa shape index (κ2) is 5.59. The van der Waals surface area contributed by atoms with Gasteiger partial charge in [0, 0.05) is 10.7 Å². The van der Waals surface area contributed by atoms with E-state index in [0.717, 1.165) is 16.2 Å². The molecule has 8 heteroatoms. The minimum absolute atomic E-state index is 0.0469. The van der Waals surface area contributed by atoms with Crippen LogP contribution in [-0.4, -0.2) is 13.4 Å². The third-order valence-corrected chi connectivity index (χ3v) is 4.56. The van der Waals surface area contributed by atoms with Crippen LogP contribution >= 0.6 is 27.5 Å². The van der Waals surface area contributed by atoms with Gasteiger partial charge in [0.2, 0.25) is 0 Å². The summed E-state index contributed by atoms with van der Waals surface area (Å²) in [4.78, 5) is 3.69. The number of anilines is 2. The monoisotopic (exact) mass is 375 g/mol. The molecule has 0 saturated heterocycles. The highest BCUT2D eigenvalue weighted by Crippen LogP contribution is 2.24. The molecule has 20 heavy (non-hydrogen) atoms. The highest BCUT2D eigenvalue weighted by atomic mass is 79.9. The van der Waals surface area contributed by atoms with Crippen molar-refractivity contribution in [3.8, 4) is 0 Å². The molecular formula is C12H11BrClN3O2S. The number of halogens is 2. The van der Waals surface area contributed by atoms with Crippen LogP contribution in [-0.2, 0) is 10.0 Å². The molecule has 0 atom stereocenters. The summed E-state index contributed by atoms with van der Waals surface area (Å²) in [6.45, 7) is 1.87. The van der Waals surface area contributed by atoms with Crippen LogP contribution in [0, 0.1) is 6.92 Å². The van der Waals surface area contributed by atoms with E-state index >= 15 is 0 Å². The number of pyridine rings is 1. The number of aromatic nitrogens is 1. The average molecular weight is 377 g/mol. The Morgan fingerprint density at radius 1 is 1.30 bits per heavy atom. The molecule has 0 aliphatic carbocycles. The predicted octanol–water partition coefficient (Wildman–Crippen LogP) is 3.19. The third kappa shape index (κ3) is 3.41. The number of rotatable bonds is 3. The zero-order valence-corrected chi connectivity index (χ0v) is 13.6. The van der Waals surface area contributed by atoms with Gasteiger partial charge in [-0.05, 0) is 36.8 Å². The molecule has 3 N–H and O–H groups in total. The molecule has 0 unspecified atom stereocenters. The summed E-state index contributed by atoms with van der Waals surface area (Å²) in [5, 5.41) is 0.0956. The third-order valence-electron chi connectivity index (χ3n) is 2.45. The molecule has 0 radical (unpaired) electrons. The first-order valence-electron chi connectivity index (χ1n) is 5.49. The lowest BCUT2D eigenvalue weighted by Gasteiger charge is -2.10. The van der Waals surface area contributed by atoms with Crippen LogP contribution < -0.4 is 10.5 Å². The van der Waals surface area contributed by atoms with Crippen molar-refractivity contribution in [1.29, 1.82) is 0 Å². The van der Waals surface area contributed by atoms with Crippen LogP contribution in [0.25, 0.3) is 0 Å². The summed E-state index contributed by atoms with van der Waals surface area (Å²) < 4.78 is 27.7. The van der Waals surface area contributed by atoms with E-state index in [1.165, 1.54) is 6.07 Å². The zero-order chi connectivity index (χ0) is 14.9. The van der Waals surface area contributed by atoms with Crippen LogP contribution in [0.5, 0.6) is 0 Å². The van der Waals surface area contributed by atoms with Crippen LogP contribution in [0.3, 0.4) is 0 Å². The fourth-order valence-corrected chi connectivity index (χ4v) is 3.44. The Balaban J connectivity index is 2.37. The summed E-state index contributed by atoms with van der Waals surface area (Å²) in [6, 6.07) is 6.52. The Labute approximate surface area is 130 Å². The van der Waals surface area contributed by atoms with Gasteiger partial charge in [-0.25, -0.2) is 13.4 Å². The van der Waals surface area contributed by atoms with Gasteiger partial charge in [-0.2, -0.15) is 0 Å². The molecular weight excluding hydrogens is 366 g/mol. The van der Waals surface area contributed by atoms with Crippen molar-refractivity contribution in [3.63, 3.8) is 0 Å². The van der Waals surface area contributed by atoms with Gasteiger partial charge in [0.25, 0.3) is 10.0 Å². The van der Waals surface area contributed by atoms with Gasteiger partial charge < -0.3 is 5.73 Å². The lowest BCUT2D eigenvalue weighted by atomic mass is 10.2. The number of hydrogen-bond acceptors (Lipinski definition) is 4. The Kier molecular flexibility index (Phi) is 4.22. The number of hydrogen-bond donors (Lipinski definition) is 2. The smallest absolute Gasteiger partial charge is 0.263 e. The van der Waals surface area contributed by atoms with Crippen molar-refractivity contribution >= 4 is 49.1 Å². The highest BCUT2D eigenvalue weighted by molar-refractivity contribution is 9.10. The van der Waals surface area contributed by atoms with E-state index in [9.17, 15) is 8.42 Å². The van der Waals surface area contributed by atoms with Crippen molar-refractivity contribution in [2.75, 3.05) is 10.5 Å². The summed E-state index contributed by atoms with van der Waals surface area (Å²) in [6.07, 6.45) is 1.16. The van der Waals surface area contributed by atoms with Gasteiger partial charge >= 0.3 is 0 Å². The maximum Gasteiger partial charge on any atom is 0.263 e. The lowest BCUT2D eigenvalue weighted by molar-refractivity contribution is 0.601. The molecule has 0 aliphatic heterocycles. The van der Waals surface area contributed by atoms with Crippen LogP contribution in [0.4, 0.5) is 11.5 Å². The Hall–Kier alpha value is -1.31. The second-order valence-electron chi connectivity index (χ2n) is 4.16. The Morgan fingerprint density at radius 2 is 2.00 bits per heavy atom. The fourth-order valence-electron chi connectivity index (χ4n) is 1.59. The Bertz CT molecular complexity index is 745. The molecule has 0 amide bonds. The number of nitrogen functional groups attached to an aromatic ring is 1. The van der Waals surface area contributed by atoms with Gasteiger partial charge in [-0.3, -0.25) is 4.72 Å². The molecule has 0 bridgehead atoms. The largest absolute Gasteiger partial charge is 0.382 e. The second-order valence-corrected chi connectivity index (χ2v) is 7.17. The van der Waals surface area contributed by atoms with Gasteiger partial charge in [0.05, 0.1) is 10.7 Å². The zero-order valence-electron chi connectivity index (χ0n) is 10.4. The van der Waals surface area contributed by atoms with E-state index in [0.29, 0.717) is 5.69 Å². The molecule has 0 spiro atoms. The van der Waals surface area contributed by atoms with E-state index in [1.807, 2.05) is 13.0 Å². The maximum atomic E-state index is 12.2. The van der Waals surface area contributed by atoms with Crippen molar-refractivity contribution in [3.05, 3.63) is 45.5 Å². The molecule has 1 heterocycles. The van der Waals surface area contributed by atoms with Crippen molar-refractivity contribution in [2.24, 2.45) is 0 Å². The quantitative estimate of drug-likeness (QED) is 0.861. The minimum atomic E-state index is -3.76. The van der Waals surface area contributed by atoms with E-state index in [-0.39, 0.29) is 15.7 Å². The molecule has 106 valence electrons. The first-order chi connectivity index (χ1) is 9.28. The van der Waals surface area contributed by atoms with Crippen molar-refractivity contribution < 1.29 is 8.42 Å². The summed E-state index contributed by atoms with van der Waals surface area (Å²) in [5.41, 5.74) is 6.83. The topological polar surface area (TPSA) is 85.1 Å². The summed E-state index contributed by atoms with van der Waals surface area (Å²) >= 11 is 9.10. The maximum absolute atomic E-state index is 12.2. The molecule has 2 rings (SSSR count). The van der Waals surface area contributed by atoms with E-state index in [2.05, 4.69) is 25.6 Å². The number of benzene rings is 1. The molecule has 0 saturated carbocycles. The van der Waals surface area contributed by atoms with Gasteiger partial charge in [-0.15, -0.1) is 0 Å². The van der Waals surface area contributed by atoms with Crippen LogP contribution in [0.15, 0.2) is 39.8 Å². The predicted molar refractivity (Wildman–Crippen MR) is 83.3 cm³/mol. The summed E-state index contributed by atoms with van der Waals surface area (Å²) in [7, 11) is -3.76. The molecule has 2 aromatic rings. The molecule has 0 fully saturated rings. The number of nitrogens with zero attached hydrogens (tertiary/aromatic N) is 1. The summed E-state index contributed by atoms with van der Waals surface area (Å²) in [5.74, 6) is 0.0870. The molecule has 5 nitrogen and oxygen atoms in total. The molecule has 0 aliphatic rings. The van der Waals surface area contributed by atoms with Gasteiger partial charge in [0.1, 0.15) is 10.7 Å². The lowest BCUT2D eigenvalue weighted by Crippen LogP contribution is -2.13. The van der Waals surface area contributed by atoms with Crippen LogP contribution in [0.2, 0.25) is 5.02 Å². The SMILES string of the molecule is Cc1cc(Br)cc(NS(=O)(=O)c2cnc(N)c(Cl)c2)c1. The van der Waals surface area contributed by atoms with Gasteiger partial charge in [-0.1, -0.05) is 27.5 Å². The van der Waals surface area contributed by atoms with Gasteiger partial charge in [0.15, 0.2) is 0 Å². The normalized spacial score (nSPS) is 11.3. The van der Waals surface area contributed by atoms with E-state index in [1.54, 1.807) is 12.1 Å². The van der Waals surface area contributed by atoms with Crippen LogP contribution in [0.1, 0.15) is 5.56 Å². The number of nitrogens with one attached hydrogen (secondary N) is 1. The van der Waals surface area contributed by atoms with E-state index < -0.39 is 10.0 Å². The highest BCUT2D eigenvalue weighted by Gasteiger charge is 2.16. The van der Waals surface area contributed by atoms with Crippen molar-refractivity contribution in [2.45, 2.75) is 11.8 Å². The molecule has 1 aromatic heterocycles. The first-order valence-corrected chi connectivity index (χ1v) is 8.14. The average Bonchev–Trinajstić information content (AvgIpc) is 2.30. The van der Waals surface area contributed by atoms with Crippen molar-refractivity contribution in [1.82, 2.24) is 4.98 Å². The minimum Gasteiger partial charge on any atom is -0.382 e. The number of sulfonamides is 1. The van der Waals surface area contributed by atoms with E-state index in [4.69, 9.17) is 17.3 Å². The molecule has 1 aromatic carbocycles. The Morgan fingerprint density at radius 3 is 2.60 bits per heavy atom.